The average Bonchev–Trinajstić information content (AvgIpc) is 3.14. The van der Waals surface area contributed by atoms with Gasteiger partial charge in [0.05, 0.1) is 0 Å². The Morgan fingerprint density at radius 3 is 1.65 bits per heavy atom. The Morgan fingerprint density at radius 2 is 1.39 bits per heavy atom. The van der Waals surface area contributed by atoms with Gasteiger partial charge in [0.2, 0.25) is 0 Å². The van der Waals surface area contributed by atoms with Gasteiger partial charge in [0, 0.05) is 0 Å². The summed E-state index contributed by atoms with van der Waals surface area (Å²) in [5, 5.41) is 49.0. The van der Waals surface area contributed by atoms with E-state index in [0.29, 0.717) is 9.36 Å². The molecule has 0 aliphatic heterocycles. The summed E-state index contributed by atoms with van der Waals surface area (Å²) in [6.45, 7) is 0. The van der Waals surface area contributed by atoms with E-state index in [0.717, 1.165) is 0 Å². The van der Waals surface area contributed by atoms with Crippen molar-refractivity contribution in [2.75, 3.05) is 0 Å². The number of nitrogens with two attached hydrogens (primary N) is 2. The van der Waals surface area contributed by atoms with Gasteiger partial charge in [-0.1, -0.05) is 10.2 Å². The third-order valence-electron chi connectivity index (χ3n) is 1.65. The summed E-state index contributed by atoms with van der Waals surface area (Å²) < 4.78 is 0.664. The number of carboxylic acid groups (broad SMARTS) is 2. The molecule has 23 heavy (non-hydrogen) atoms. The van der Waals surface area contributed by atoms with Crippen molar-refractivity contribution >= 4 is 30.0 Å². The fourth-order valence-electron chi connectivity index (χ4n) is 0.826. The topological polar surface area (TPSA) is 274 Å². The molecule has 2 aromatic heterocycles. The maximum atomic E-state index is 10.6. The van der Waals surface area contributed by atoms with Gasteiger partial charge in [0.25, 0.3) is 11.9 Å². The van der Waals surface area contributed by atoms with Crippen LogP contribution in [0.5, 0.6) is 0 Å². The summed E-state index contributed by atoms with van der Waals surface area (Å²) in [5.41, 5.74) is 6.53. The number of tetrazole rings is 2. The minimum absolute atomic E-state index is 0.218. The van der Waals surface area contributed by atoms with Gasteiger partial charge in [0.1, 0.15) is 0 Å². The van der Waals surface area contributed by atoms with Crippen LogP contribution in [0, 0.1) is 5.41 Å². The van der Waals surface area contributed by atoms with E-state index in [2.05, 4.69) is 52.9 Å². The number of nitrogens with one attached hydrogen (secondary N) is 2. The number of guanidine groups is 1. The summed E-state index contributed by atoms with van der Waals surface area (Å²) in [4.78, 5) is 21.2. The van der Waals surface area contributed by atoms with Crippen molar-refractivity contribution in [3.63, 3.8) is 0 Å². The highest BCUT2D eigenvalue weighted by Crippen LogP contribution is 2.11. The monoisotopic (exact) mass is 328 g/mol. The quantitative estimate of drug-likeness (QED) is 0.0828. The summed E-state index contributed by atoms with van der Waals surface area (Å²) in [6, 6.07) is 0. The van der Waals surface area contributed by atoms with Crippen LogP contribution in [0.1, 0.15) is 0 Å². The lowest BCUT2D eigenvalue weighted by Crippen LogP contribution is -2.35. The lowest BCUT2D eigenvalue weighted by atomic mass is 10.9. The zero-order chi connectivity index (χ0) is 17.4. The Morgan fingerprint density at radius 1 is 1.04 bits per heavy atom. The maximum Gasteiger partial charge on any atom is 0.437 e. The van der Waals surface area contributed by atoms with Gasteiger partial charge < -0.3 is 15.9 Å². The van der Waals surface area contributed by atoms with Gasteiger partial charge in [-0.2, -0.15) is 0 Å². The number of nitrogens with zero attached hydrogens (tertiary/aromatic N) is 10. The van der Waals surface area contributed by atoms with E-state index in [-0.39, 0.29) is 5.96 Å². The third kappa shape index (κ3) is 4.75. The second-order valence-electron chi connectivity index (χ2n) is 3.10. The summed E-state index contributed by atoms with van der Waals surface area (Å²) >= 11 is 0. The molecule has 0 aliphatic carbocycles. The van der Waals surface area contributed by atoms with E-state index in [9.17, 15) is 9.59 Å². The maximum absolute atomic E-state index is 10.6. The molecule has 0 unspecified atom stereocenters. The highest BCUT2D eigenvalue weighted by Gasteiger charge is 2.14. The third-order valence-corrected chi connectivity index (χ3v) is 1.65. The molecule has 18 heteroatoms. The summed E-state index contributed by atoms with van der Waals surface area (Å²) in [5.74, 6) is 3.41. The molecule has 122 valence electrons. The Balaban J connectivity index is 0.000000463. The molecule has 0 saturated carbocycles. The fourth-order valence-corrected chi connectivity index (χ4v) is 0.826. The molecule has 18 nitrogen and oxygen atoms in total. The number of aromatic nitrogens is 8. The van der Waals surface area contributed by atoms with Crippen molar-refractivity contribution in [3.8, 4) is 0 Å². The molecule has 0 aromatic carbocycles. The van der Waals surface area contributed by atoms with E-state index in [1.54, 1.807) is 0 Å². The molecule has 0 aliphatic rings. The molecule has 2 aromatic rings. The molecule has 2 heterocycles. The molecular weight excluding hydrogens is 320 g/mol. The van der Waals surface area contributed by atoms with Crippen molar-refractivity contribution in [1.29, 1.82) is 5.41 Å². The molecule has 2 rings (SSSR count). The van der Waals surface area contributed by atoms with Crippen LogP contribution in [-0.2, 0) is 0 Å². The molecule has 0 spiro atoms. The normalized spacial score (nSPS) is 9.96. The van der Waals surface area contributed by atoms with E-state index in [4.69, 9.17) is 15.6 Å². The standard InChI is InChI=1S/C4H2N10O4.CH6N4/c15-3(16)13-1(7-9-11-13)5-6-2-8-10-12-14(2)4(17)18;2-1(3)5-4/h(H,15,16)(H,17,18);4H2,(H4,2,3,5). The number of hydrogen-bond acceptors (Lipinski definition) is 12. The van der Waals surface area contributed by atoms with Crippen LogP contribution in [0.25, 0.3) is 0 Å². The second kappa shape index (κ2) is 7.63. The second-order valence-corrected chi connectivity index (χ2v) is 3.10. The smallest absolute Gasteiger partial charge is 0.437 e. The Hall–Kier alpha value is -4.09. The molecule has 0 atom stereocenters. The predicted molar refractivity (Wildman–Crippen MR) is 65.9 cm³/mol. The molecule has 0 amide bonds. The number of rotatable bonds is 2. The summed E-state index contributed by atoms with van der Waals surface area (Å²) in [6.07, 6.45) is -2.96. The van der Waals surface area contributed by atoms with E-state index in [1.807, 2.05) is 5.43 Å². The van der Waals surface area contributed by atoms with E-state index < -0.39 is 24.1 Å². The van der Waals surface area contributed by atoms with Gasteiger partial charge in [-0.25, -0.2) is 15.4 Å². The van der Waals surface area contributed by atoms with Crippen molar-refractivity contribution in [3.05, 3.63) is 0 Å². The van der Waals surface area contributed by atoms with Crippen molar-refractivity contribution in [2.45, 2.75) is 0 Å². The van der Waals surface area contributed by atoms with Crippen LogP contribution in [0.3, 0.4) is 0 Å². The van der Waals surface area contributed by atoms with Gasteiger partial charge in [-0.15, -0.1) is 19.6 Å². The largest absolute Gasteiger partial charge is 0.463 e. The van der Waals surface area contributed by atoms with Crippen LogP contribution in [0.4, 0.5) is 21.5 Å². The first kappa shape index (κ1) is 17.0. The highest BCUT2D eigenvalue weighted by atomic mass is 16.4. The van der Waals surface area contributed by atoms with Gasteiger partial charge in [0.15, 0.2) is 5.96 Å². The van der Waals surface area contributed by atoms with Crippen LogP contribution in [-0.4, -0.2) is 68.8 Å². The molecule has 0 bridgehead atoms. The first-order valence-corrected chi connectivity index (χ1v) is 5.12. The molecule has 0 fully saturated rings. The number of hydrogen-bond donors (Lipinski definition) is 6. The van der Waals surface area contributed by atoms with Crippen LogP contribution in [0.2, 0.25) is 0 Å². The Bertz CT molecular complexity index is 675. The first-order chi connectivity index (χ1) is 10.9. The average molecular weight is 328 g/mol. The predicted octanol–water partition coefficient (Wildman–Crippen LogP) is -2.53. The van der Waals surface area contributed by atoms with Crippen LogP contribution < -0.4 is 17.0 Å². The first-order valence-electron chi connectivity index (χ1n) is 5.12. The minimum Gasteiger partial charge on any atom is -0.463 e. The van der Waals surface area contributed by atoms with E-state index in [1.165, 1.54) is 0 Å². The minimum atomic E-state index is -1.48. The van der Waals surface area contributed by atoms with Crippen molar-refractivity contribution in [1.82, 2.24) is 45.8 Å². The SMILES string of the molecule is N=C(N)NN.O=C(O)n1nnnc1N=Nc1nnnn1C(=O)O. The van der Waals surface area contributed by atoms with Gasteiger partial charge >= 0.3 is 12.2 Å². The lowest BCUT2D eigenvalue weighted by Gasteiger charge is -1.91. The zero-order valence-electron chi connectivity index (χ0n) is 10.8. The number of carbonyl (C=O) groups is 2. The van der Waals surface area contributed by atoms with Crippen LogP contribution >= 0.6 is 0 Å². The molecule has 0 radical (unpaired) electrons. The highest BCUT2D eigenvalue weighted by molar-refractivity contribution is 5.73. The van der Waals surface area contributed by atoms with Crippen molar-refractivity contribution < 1.29 is 19.8 Å². The number of azo groups is 1. The number of hydrazine groups is 1. The van der Waals surface area contributed by atoms with Crippen LogP contribution in [0.15, 0.2) is 10.2 Å². The van der Waals surface area contributed by atoms with Gasteiger partial charge in [-0.05, 0) is 20.9 Å². The Kier molecular flexibility index (Phi) is 5.63. The summed E-state index contributed by atoms with van der Waals surface area (Å²) in [7, 11) is 0. The fraction of sp³-hybridized carbons (Fsp3) is 0. The lowest BCUT2D eigenvalue weighted by molar-refractivity contribution is 0.191. The molecule has 0 saturated heterocycles. The Labute approximate surface area is 124 Å². The molecule has 8 N–H and O–H groups in total. The van der Waals surface area contributed by atoms with Gasteiger partial charge in [-0.3, -0.25) is 10.8 Å². The van der Waals surface area contributed by atoms with E-state index >= 15 is 0 Å². The van der Waals surface area contributed by atoms with Crippen molar-refractivity contribution in [2.24, 2.45) is 21.8 Å². The zero-order valence-corrected chi connectivity index (χ0v) is 10.8. The molecular formula is C5H8N14O4.